The Labute approximate surface area is 183 Å². The predicted molar refractivity (Wildman–Crippen MR) is 120 cm³/mol. The molecule has 0 atom stereocenters. The second-order valence-corrected chi connectivity index (χ2v) is 7.11. The topological polar surface area (TPSA) is 71.7 Å². The van der Waals surface area contributed by atoms with Gasteiger partial charge in [-0.1, -0.05) is 26.8 Å². The highest BCUT2D eigenvalue weighted by molar-refractivity contribution is 14.0. The third-order valence-corrected chi connectivity index (χ3v) is 3.76. The number of aromatic nitrogens is 1. The molecule has 1 aromatic carbocycles. The Morgan fingerprint density at radius 3 is 2.57 bits per heavy atom. The molecule has 2 N–H and O–H groups in total. The zero-order chi connectivity index (χ0) is 19.9. The van der Waals surface area contributed by atoms with E-state index in [4.69, 9.17) is 9.15 Å². The molecule has 0 amide bonds. The van der Waals surface area contributed by atoms with Crippen molar-refractivity contribution in [1.82, 2.24) is 15.6 Å². The van der Waals surface area contributed by atoms with E-state index in [-0.39, 0.29) is 41.0 Å². The summed E-state index contributed by atoms with van der Waals surface area (Å²) in [6.07, 6.45) is 1.75. The molecular formula is C20H30FIN4O2. The Kier molecular flexibility index (Phi) is 9.71. The minimum Gasteiger partial charge on any atom is -0.491 e. The van der Waals surface area contributed by atoms with E-state index < -0.39 is 0 Å². The van der Waals surface area contributed by atoms with Gasteiger partial charge in [0.25, 0.3) is 0 Å². The van der Waals surface area contributed by atoms with E-state index in [1.807, 2.05) is 19.9 Å². The summed E-state index contributed by atoms with van der Waals surface area (Å²) < 4.78 is 24.9. The Morgan fingerprint density at radius 2 is 2.00 bits per heavy atom. The van der Waals surface area contributed by atoms with Gasteiger partial charge in [0, 0.05) is 12.0 Å². The molecule has 2 aromatic rings. The van der Waals surface area contributed by atoms with Crippen LogP contribution in [0.15, 0.2) is 33.8 Å². The van der Waals surface area contributed by atoms with Crippen LogP contribution in [0.4, 0.5) is 4.39 Å². The lowest BCUT2D eigenvalue weighted by Crippen LogP contribution is -2.36. The first-order chi connectivity index (χ1) is 12.8. The highest BCUT2D eigenvalue weighted by atomic mass is 127. The quantitative estimate of drug-likeness (QED) is 0.333. The normalized spacial score (nSPS) is 11.7. The Bertz CT molecular complexity index is 772. The van der Waals surface area contributed by atoms with Crippen LogP contribution in [0.3, 0.4) is 0 Å². The largest absolute Gasteiger partial charge is 0.491 e. The third kappa shape index (κ3) is 7.29. The molecule has 0 aliphatic carbocycles. The number of guanidine groups is 1. The van der Waals surface area contributed by atoms with Gasteiger partial charge in [-0.2, -0.15) is 0 Å². The Morgan fingerprint density at radius 1 is 1.25 bits per heavy atom. The van der Waals surface area contributed by atoms with Crippen LogP contribution < -0.4 is 15.4 Å². The standard InChI is InChI=1S/C20H29FN4O2.HI/c1-6-22-19(25-13-18-23-12-17(27-18)20(3,4)5)24-11-14-8-9-16(26-7-2)15(21)10-14;/h8-10,12H,6-7,11,13H2,1-5H3,(H2,22,24,25);1H. The average Bonchev–Trinajstić information content (AvgIpc) is 3.09. The van der Waals surface area contributed by atoms with Crippen LogP contribution in [0.25, 0.3) is 0 Å². The molecule has 2 rings (SSSR count). The smallest absolute Gasteiger partial charge is 0.213 e. The van der Waals surface area contributed by atoms with Gasteiger partial charge in [-0.25, -0.2) is 14.4 Å². The summed E-state index contributed by atoms with van der Waals surface area (Å²) in [5.74, 6) is 1.93. The average molecular weight is 504 g/mol. The zero-order valence-electron chi connectivity index (χ0n) is 17.1. The molecule has 28 heavy (non-hydrogen) atoms. The number of nitrogens with zero attached hydrogens (tertiary/aromatic N) is 2. The van der Waals surface area contributed by atoms with Crippen molar-refractivity contribution < 1.29 is 13.5 Å². The number of oxazole rings is 1. The lowest BCUT2D eigenvalue weighted by molar-refractivity contribution is 0.321. The maximum Gasteiger partial charge on any atom is 0.213 e. The van der Waals surface area contributed by atoms with E-state index in [2.05, 4.69) is 41.4 Å². The van der Waals surface area contributed by atoms with Crippen LogP contribution in [0, 0.1) is 5.82 Å². The van der Waals surface area contributed by atoms with E-state index in [0.29, 0.717) is 38.1 Å². The predicted octanol–water partition coefficient (Wildman–Crippen LogP) is 4.38. The lowest BCUT2D eigenvalue weighted by Gasteiger charge is -2.13. The van der Waals surface area contributed by atoms with E-state index in [0.717, 1.165) is 11.3 Å². The van der Waals surface area contributed by atoms with Gasteiger partial charge in [-0.15, -0.1) is 24.0 Å². The molecule has 6 nitrogen and oxygen atoms in total. The fourth-order valence-corrected chi connectivity index (χ4v) is 2.33. The van der Waals surface area contributed by atoms with E-state index >= 15 is 0 Å². The minimum absolute atomic E-state index is 0. The maximum absolute atomic E-state index is 14.0. The summed E-state index contributed by atoms with van der Waals surface area (Å²) in [5.41, 5.74) is 0.681. The molecule has 0 saturated carbocycles. The van der Waals surface area contributed by atoms with Crippen LogP contribution in [0.1, 0.15) is 51.8 Å². The van der Waals surface area contributed by atoms with Crippen molar-refractivity contribution in [1.29, 1.82) is 0 Å². The Balaban J connectivity index is 0.00000392. The van der Waals surface area contributed by atoms with Crippen molar-refractivity contribution in [3.8, 4) is 5.75 Å². The van der Waals surface area contributed by atoms with Gasteiger partial charge in [-0.05, 0) is 31.5 Å². The molecule has 0 spiro atoms. The molecular weight excluding hydrogens is 474 g/mol. The zero-order valence-corrected chi connectivity index (χ0v) is 19.5. The van der Waals surface area contributed by atoms with Gasteiger partial charge in [0.15, 0.2) is 17.5 Å². The number of halogens is 2. The lowest BCUT2D eigenvalue weighted by atomic mass is 9.94. The summed E-state index contributed by atoms with van der Waals surface area (Å²) >= 11 is 0. The number of nitrogens with one attached hydrogen (secondary N) is 2. The molecule has 0 radical (unpaired) electrons. The Hall–Kier alpha value is -1.84. The highest BCUT2D eigenvalue weighted by Gasteiger charge is 2.19. The monoisotopic (exact) mass is 504 g/mol. The van der Waals surface area contributed by atoms with Crippen molar-refractivity contribution in [3.05, 3.63) is 47.4 Å². The van der Waals surface area contributed by atoms with E-state index in [1.54, 1.807) is 12.3 Å². The minimum atomic E-state index is -0.378. The van der Waals surface area contributed by atoms with Gasteiger partial charge >= 0.3 is 0 Å². The second kappa shape index (κ2) is 11.2. The molecule has 8 heteroatoms. The molecule has 0 saturated heterocycles. The first-order valence-corrected chi connectivity index (χ1v) is 9.22. The van der Waals surface area contributed by atoms with Gasteiger partial charge in [-0.3, -0.25) is 0 Å². The number of hydrogen-bond acceptors (Lipinski definition) is 4. The summed E-state index contributed by atoms with van der Waals surface area (Å²) in [5, 5.41) is 6.34. The van der Waals surface area contributed by atoms with Crippen molar-refractivity contribution in [2.45, 2.75) is 53.1 Å². The molecule has 0 fully saturated rings. The van der Waals surface area contributed by atoms with Gasteiger partial charge in [0.2, 0.25) is 5.89 Å². The van der Waals surface area contributed by atoms with E-state index in [9.17, 15) is 4.39 Å². The van der Waals surface area contributed by atoms with Crippen LogP contribution in [0.2, 0.25) is 0 Å². The SMILES string of the molecule is CCNC(=NCc1ccc(OCC)c(F)c1)NCc1ncc(C(C)(C)C)o1.I. The fourth-order valence-electron chi connectivity index (χ4n) is 2.33. The summed E-state index contributed by atoms with van der Waals surface area (Å²) in [7, 11) is 0. The van der Waals surface area contributed by atoms with Gasteiger partial charge in [0.05, 0.1) is 25.9 Å². The van der Waals surface area contributed by atoms with Crippen LogP contribution in [-0.2, 0) is 18.5 Å². The van der Waals surface area contributed by atoms with Gasteiger partial charge in [0.1, 0.15) is 5.76 Å². The van der Waals surface area contributed by atoms with Crippen molar-refractivity contribution >= 4 is 29.9 Å². The summed E-state index contributed by atoms with van der Waals surface area (Å²) in [6.45, 7) is 11.9. The van der Waals surface area contributed by atoms with E-state index in [1.165, 1.54) is 6.07 Å². The molecule has 0 bridgehead atoms. The second-order valence-electron chi connectivity index (χ2n) is 7.11. The number of ether oxygens (including phenoxy) is 1. The number of aliphatic imine (C=N–C) groups is 1. The fraction of sp³-hybridized carbons (Fsp3) is 0.500. The molecule has 1 heterocycles. The highest BCUT2D eigenvalue weighted by Crippen LogP contribution is 2.22. The van der Waals surface area contributed by atoms with Crippen molar-refractivity contribution in [2.24, 2.45) is 4.99 Å². The summed E-state index contributed by atoms with van der Waals surface area (Å²) in [6, 6.07) is 4.89. The first-order valence-electron chi connectivity index (χ1n) is 9.22. The van der Waals surface area contributed by atoms with Crippen molar-refractivity contribution in [3.63, 3.8) is 0 Å². The van der Waals surface area contributed by atoms with Crippen LogP contribution in [0.5, 0.6) is 5.75 Å². The number of hydrogen-bond donors (Lipinski definition) is 2. The first kappa shape index (κ1) is 24.2. The molecule has 1 aromatic heterocycles. The molecule has 0 unspecified atom stereocenters. The third-order valence-electron chi connectivity index (χ3n) is 3.76. The maximum atomic E-state index is 14.0. The molecule has 0 aliphatic heterocycles. The number of benzene rings is 1. The molecule has 156 valence electrons. The van der Waals surface area contributed by atoms with Gasteiger partial charge < -0.3 is 19.8 Å². The molecule has 0 aliphatic rings. The van der Waals surface area contributed by atoms with Crippen LogP contribution >= 0.6 is 24.0 Å². The number of rotatable bonds is 7. The van der Waals surface area contributed by atoms with Crippen molar-refractivity contribution in [2.75, 3.05) is 13.2 Å². The summed E-state index contributed by atoms with van der Waals surface area (Å²) in [4.78, 5) is 8.78. The van der Waals surface area contributed by atoms with Crippen LogP contribution in [-0.4, -0.2) is 24.1 Å².